The van der Waals surface area contributed by atoms with Crippen molar-refractivity contribution in [3.63, 3.8) is 0 Å². The Balaban J connectivity index is 1.41. The molecule has 3 aromatic carbocycles. The molecule has 0 unspecified atom stereocenters. The fourth-order valence-corrected chi connectivity index (χ4v) is 5.42. The largest absolute Gasteiger partial charge is 0.454 e. The fraction of sp³-hybridized carbons (Fsp3) is 0.286. The third kappa shape index (κ3) is 5.76. The molecular weight excluding hydrogens is 558 g/mol. The highest BCUT2D eigenvalue weighted by Gasteiger charge is 2.30. The van der Waals surface area contributed by atoms with E-state index in [1.807, 2.05) is 29.2 Å². The van der Waals surface area contributed by atoms with Gasteiger partial charge in [-0.3, -0.25) is 9.59 Å². The number of nitrogens with one attached hydrogen (secondary N) is 1. The molecular formula is C28H27BrClN3O4. The molecule has 1 aliphatic heterocycles. The standard InChI is InChI=1S/C28H27BrClN3O4/c29-23-4-2-1-3-22(23)27(34)32-20-8-11-24(30)18(13-20)15-33(21-9-6-19(31)7-10-21)28(35)17-5-12-25-26(14-17)37-16-36-25/h1-5,8,11-14,19,21H,6-7,9-10,15-16,31H2,(H,32,34). The summed E-state index contributed by atoms with van der Waals surface area (Å²) < 4.78 is 11.6. The molecule has 5 rings (SSSR count). The number of rotatable bonds is 6. The van der Waals surface area contributed by atoms with Crippen LogP contribution in [0.15, 0.2) is 65.1 Å². The van der Waals surface area contributed by atoms with Gasteiger partial charge >= 0.3 is 0 Å². The van der Waals surface area contributed by atoms with E-state index in [2.05, 4.69) is 21.2 Å². The summed E-state index contributed by atoms with van der Waals surface area (Å²) >= 11 is 10.0. The molecule has 3 N–H and O–H groups in total. The van der Waals surface area contributed by atoms with E-state index in [1.54, 1.807) is 36.4 Å². The molecule has 2 amide bonds. The normalized spacial score (nSPS) is 18.4. The van der Waals surface area contributed by atoms with Gasteiger partial charge in [0.2, 0.25) is 6.79 Å². The second-order valence-corrected chi connectivity index (χ2v) is 10.6. The highest BCUT2D eigenvalue weighted by atomic mass is 79.9. The highest BCUT2D eigenvalue weighted by Crippen LogP contribution is 2.34. The van der Waals surface area contributed by atoms with Crippen LogP contribution in [-0.4, -0.2) is 35.6 Å². The smallest absolute Gasteiger partial charge is 0.256 e. The predicted molar refractivity (Wildman–Crippen MR) is 146 cm³/mol. The first-order valence-electron chi connectivity index (χ1n) is 12.2. The molecule has 0 atom stereocenters. The summed E-state index contributed by atoms with van der Waals surface area (Å²) in [6.07, 6.45) is 3.33. The van der Waals surface area contributed by atoms with Gasteiger partial charge in [0.05, 0.1) is 5.56 Å². The number of fused-ring (bicyclic) bond motifs is 1. The second kappa shape index (κ2) is 11.1. The van der Waals surface area contributed by atoms with Crippen LogP contribution in [0.3, 0.4) is 0 Å². The average molecular weight is 585 g/mol. The minimum Gasteiger partial charge on any atom is -0.454 e. The zero-order valence-electron chi connectivity index (χ0n) is 20.1. The topological polar surface area (TPSA) is 93.9 Å². The van der Waals surface area contributed by atoms with Crippen molar-refractivity contribution in [1.82, 2.24) is 4.90 Å². The summed E-state index contributed by atoms with van der Waals surface area (Å²) in [6.45, 7) is 0.440. The van der Waals surface area contributed by atoms with E-state index in [4.69, 9.17) is 26.8 Å². The number of hydrogen-bond donors (Lipinski definition) is 2. The maximum absolute atomic E-state index is 13.8. The molecule has 1 saturated carbocycles. The molecule has 37 heavy (non-hydrogen) atoms. The zero-order chi connectivity index (χ0) is 25.9. The Morgan fingerprint density at radius 2 is 1.76 bits per heavy atom. The van der Waals surface area contributed by atoms with Crippen LogP contribution in [0.5, 0.6) is 11.5 Å². The summed E-state index contributed by atoms with van der Waals surface area (Å²) in [5, 5.41) is 3.46. The number of nitrogens with two attached hydrogens (primary N) is 1. The summed E-state index contributed by atoms with van der Waals surface area (Å²) in [6, 6.07) is 18.0. The molecule has 0 bridgehead atoms. The summed E-state index contributed by atoms with van der Waals surface area (Å²) in [4.78, 5) is 28.5. The first-order valence-corrected chi connectivity index (χ1v) is 13.4. The highest BCUT2D eigenvalue weighted by molar-refractivity contribution is 9.10. The molecule has 3 aromatic rings. The van der Waals surface area contributed by atoms with Crippen LogP contribution in [0.1, 0.15) is 52.0 Å². The van der Waals surface area contributed by atoms with Gasteiger partial charge < -0.3 is 25.4 Å². The lowest BCUT2D eigenvalue weighted by molar-refractivity contribution is 0.0606. The van der Waals surface area contributed by atoms with Crippen molar-refractivity contribution in [2.24, 2.45) is 5.73 Å². The molecule has 192 valence electrons. The van der Waals surface area contributed by atoms with E-state index in [9.17, 15) is 9.59 Å². The van der Waals surface area contributed by atoms with Gasteiger partial charge in [0.25, 0.3) is 11.8 Å². The Morgan fingerprint density at radius 1 is 1.00 bits per heavy atom. The number of hydrogen-bond acceptors (Lipinski definition) is 5. The molecule has 7 nitrogen and oxygen atoms in total. The van der Waals surface area contributed by atoms with Crippen LogP contribution >= 0.6 is 27.5 Å². The number of halogens is 2. The lowest BCUT2D eigenvalue weighted by Gasteiger charge is -2.36. The first-order chi connectivity index (χ1) is 17.9. The summed E-state index contributed by atoms with van der Waals surface area (Å²) in [5.41, 5.74) is 8.54. The average Bonchev–Trinajstić information content (AvgIpc) is 3.37. The number of benzene rings is 3. The van der Waals surface area contributed by atoms with Crippen LogP contribution in [0.25, 0.3) is 0 Å². The van der Waals surface area contributed by atoms with Crippen LogP contribution < -0.4 is 20.5 Å². The Bertz CT molecular complexity index is 1330. The Kier molecular flexibility index (Phi) is 7.69. The second-order valence-electron chi connectivity index (χ2n) is 9.31. The molecule has 0 saturated heterocycles. The van der Waals surface area contributed by atoms with Crippen molar-refractivity contribution in [1.29, 1.82) is 0 Å². The van der Waals surface area contributed by atoms with Crippen molar-refractivity contribution in [2.75, 3.05) is 12.1 Å². The van der Waals surface area contributed by atoms with Crippen LogP contribution in [0.2, 0.25) is 5.02 Å². The van der Waals surface area contributed by atoms with E-state index in [-0.39, 0.29) is 30.7 Å². The maximum Gasteiger partial charge on any atom is 0.256 e. The minimum atomic E-state index is -0.240. The fourth-order valence-electron chi connectivity index (χ4n) is 4.78. The molecule has 1 heterocycles. The monoisotopic (exact) mass is 583 g/mol. The molecule has 1 aliphatic carbocycles. The van der Waals surface area contributed by atoms with Gasteiger partial charge in [-0.15, -0.1) is 0 Å². The van der Waals surface area contributed by atoms with Crippen molar-refractivity contribution in [2.45, 2.75) is 44.3 Å². The van der Waals surface area contributed by atoms with Gasteiger partial charge in [-0.1, -0.05) is 23.7 Å². The maximum atomic E-state index is 13.8. The van der Waals surface area contributed by atoms with Gasteiger partial charge in [-0.25, -0.2) is 0 Å². The predicted octanol–water partition coefficient (Wildman–Crippen LogP) is 6.00. The zero-order valence-corrected chi connectivity index (χ0v) is 22.4. The molecule has 1 fully saturated rings. The third-order valence-electron chi connectivity index (χ3n) is 6.83. The quantitative estimate of drug-likeness (QED) is 0.371. The lowest BCUT2D eigenvalue weighted by atomic mass is 9.90. The van der Waals surface area contributed by atoms with Gasteiger partial charge in [-0.2, -0.15) is 0 Å². The molecule has 0 aromatic heterocycles. The van der Waals surface area contributed by atoms with E-state index < -0.39 is 0 Å². The van der Waals surface area contributed by atoms with Gasteiger partial charge in [-0.05, 0) is 95.7 Å². The number of ether oxygens (including phenoxy) is 2. The van der Waals surface area contributed by atoms with E-state index in [1.165, 1.54) is 0 Å². The Labute approximate surface area is 229 Å². The van der Waals surface area contributed by atoms with Crippen molar-refractivity contribution in [3.05, 3.63) is 86.8 Å². The van der Waals surface area contributed by atoms with Gasteiger partial charge in [0.1, 0.15) is 0 Å². The number of nitrogens with zero attached hydrogens (tertiary/aromatic N) is 1. The number of amides is 2. The molecule has 9 heteroatoms. The lowest BCUT2D eigenvalue weighted by Crippen LogP contribution is -2.43. The summed E-state index contributed by atoms with van der Waals surface area (Å²) in [7, 11) is 0. The SMILES string of the molecule is NC1CCC(N(Cc2cc(NC(=O)c3ccccc3Br)ccc2Cl)C(=O)c2ccc3c(c2)OCO3)CC1. The van der Waals surface area contributed by atoms with Crippen LogP contribution in [0, 0.1) is 0 Å². The molecule has 2 aliphatic rings. The third-order valence-corrected chi connectivity index (χ3v) is 7.89. The van der Waals surface area contributed by atoms with E-state index >= 15 is 0 Å². The van der Waals surface area contributed by atoms with E-state index in [0.29, 0.717) is 44.4 Å². The van der Waals surface area contributed by atoms with Gasteiger partial charge in [0.15, 0.2) is 11.5 Å². The molecule has 0 spiro atoms. The molecule has 0 radical (unpaired) electrons. The first kappa shape index (κ1) is 25.6. The minimum absolute atomic E-state index is 0.0207. The van der Waals surface area contributed by atoms with Crippen molar-refractivity contribution >= 4 is 45.0 Å². The van der Waals surface area contributed by atoms with Gasteiger partial charge in [0, 0.05) is 39.4 Å². The number of carbonyl (C=O) groups is 2. The number of carbonyl (C=O) groups excluding carboxylic acids is 2. The van der Waals surface area contributed by atoms with Crippen LogP contribution in [0.4, 0.5) is 5.69 Å². The Morgan fingerprint density at radius 3 is 2.54 bits per heavy atom. The van der Waals surface area contributed by atoms with Crippen molar-refractivity contribution in [3.8, 4) is 11.5 Å². The summed E-state index contributed by atoms with van der Waals surface area (Å²) in [5.74, 6) is 0.836. The Hall–Kier alpha value is -3.07. The van der Waals surface area contributed by atoms with E-state index in [0.717, 1.165) is 31.2 Å². The van der Waals surface area contributed by atoms with Crippen molar-refractivity contribution < 1.29 is 19.1 Å². The number of anilines is 1. The van der Waals surface area contributed by atoms with Crippen LogP contribution in [-0.2, 0) is 6.54 Å².